The molecule has 1 aromatic carbocycles. The van der Waals surface area contributed by atoms with Crippen LogP contribution in [0.5, 0.6) is 0 Å². The van der Waals surface area contributed by atoms with Gasteiger partial charge in [-0.15, -0.1) is 0 Å². The van der Waals surface area contributed by atoms with E-state index in [4.69, 9.17) is 0 Å². The van der Waals surface area contributed by atoms with E-state index in [2.05, 4.69) is 47.5 Å². The van der Waals surface area contributed by atoms with Gasteiger partial charge in [0, 0.05) is 15.9 Å². The average Bonchev–Trinajstić information content (AvgIpc) is 2.93. The number of quaternary nitrogens is 1. The van der Waals surface area contributed by atoms with Crippen LogP contribution in [0, 0.1) is 17.7 Å². The van der Waals surface area contributed by atoms with E-state index in [0.717, 1.165) is 12.1 Å². The SMILES string of the molecule is CCCCCCCC[N+](CC#CBr)(CCCCCCCC)CCCCCCCC.Cc1ccc(S(=O)(=O)[O-])cc1. The van der Waals surface area contributed by atoms with Gasteiger partial charge in [0.2, 0.25) is 0 Å². The molecule has 232 valence electrons. The van der Waals surface area contributed by atoms with Gasteiger partial charge < -0.3 is 9.04 Å². The molecule has 0 bridgehead atoms. The molecule has 0 N–H and O–H groups in total. The smallest absolute Gasteiger partial charge is 0.141 e. The van der Waals surface area contributed by atoms with Crippen LogP contribution >= 0.6 is 15.9 Å². The highest BCUT2D eigenvalue weighted by atomic mass is 79.9. The van der Waals surface area contributed by atoms with Crippen LogP contribution in [0.4, 0.5) is 0 Å². The van der Waals surface area contributed by atoms with E-state index < -0.39 is 10.1 Å². The molecule has 0 amide bonds. The summed E-state index contributed by atoms with van der Waals surface area (Å²) >= 11 is 3.36. The van der Waals surface area contributed by atoms with Crippen LogP contribution in [0.15, 0.2) is 29.2 Å². The minimum atomic E-state index is -4.27. The lowest BCUT2D eigenvalue weighted by Crippen LogP contribution is -2.50. The second-order valence-corrected chi connectivity index (χ2v) is 13.3. The van der Waals surface area contributed by atoms with Gasteiger partial charge in [-0.1, -0.05) is 116 Å². The summed E-state index contributed by atoms with van der Waals surface area (Å²) in [6, 6.07) is 5.78. The summed E-state index contributed by atoms with van der Waals surface area (Å²) in [7, 11) is -4.27. The molecule has 0 saturated heterocycles. The molecule has 6 heteroatoms. The van der Waals surface area contributed by atoms with Crippen molar-refractivity contribution in [2.45, 2.75) is 148 Å². The van der Waals surface area contributed by atoms with Crippen molar-refractivity contribution in [1.29, 1.82) is 0 Å². The second-order valence-electron chi connectivity index (χ2n) is 11.5. The molecule has 0 atom stereocenters. The molecule has 0 aliphatic rings. The largest absolute Gasteiger partial charge is 0.744 e. The zero-order valence-electron chi connectivity index (χ0n) is 26.3. The summed E-state index contributed by atoms with van der Waals surface area (Å²) in [6.45, 7) is 13.8. The Morgan fingerprint density at radius 3 is 1.32 bits per heavy atom. The first-order valence-electron chi connectivity index (χ1n) is 16.2. The molecular formula is C34H60BrNO3S. The number of halogens is 1. The molecule has 1 rings (SSSR count). The number of rotatable bonds is 23. The lowest BCUT2D eigenvalue weighted by Gasteiger charge is -2.38. The van der Waals surface area contributed by atoms with Crippen LogP contribution < -0.4 is 0 Å². The molecule has 0 spiro atoms. The van der Waals surface area contributed by atoms with Crippen LogP contribution in [0.25, 0.3) is 0 Å². The van der Waals surface area contributed by atoms with E-state index in [-0.39, 0.29) is 4.90 Å². The summed E-state index contributed by atoms with van der Waals surface area (Å²) in [6.07, 6.45) is 25.2. The molecule has 0 heterocycles. The fraction of sp³-hybridized carbons (Fsp3) is 0.765. The first-order valence-corrected chi connectivity index (χ1v) is 18.4. The Hall–Kier alpha value is -0.870. The predicted molar refractivity (Wildman–Crippen MR) is 176 cm³/mol. The van der Waals surface area contributed by atoms with E-state index in [1.165, 1.54) is 152 Å². The van der Waals surface area contributed by atoms with Gasteiger partial charge in [-0.05, 0) is 68.3 Å². The fourth-order valence-corrected chi connectivity index (χ4v) is 5.75. The van der Waals surface area contributed by atoms with Gasteiger partial charge >= 0.3 is 0 Å². The molecule has 1 aromatic rings. The third-order valence-electron chi connectivity index (χ3n) is 7.75. The summed E-state index contributed by atoms with van der Waals surface area (Å²) in [5.41, 5.74) is 0.928. The topological polar surface area (TPSA) is 57.2 Å². The normalized spacial score (nSPS) is 11.4. The standard InChI is InChI=1S/C27H53BrN.C7H8O3S/c1-4-7-10-13-16-19-24-29(27-22-23-28,25-20-17-14-11-8-5-2)26-21-18-15-12-9-6-3;1-6-2-4-7(5-3-6)11(8,9)10/h4-21,24-27H2,1-3H3;2-5H,1H3,(H,8,9,10)/q+1;/p-1. The summed E-state index contributed by atoms with van der Waals surface area (Å²) in [5, 5.41) is 0. The number of benzene rings is 1. The Morgan fingerprint density at radius 1 is 0.650 bits per heavy atom. The zero-order chi connectivity index (χ0) is 30.0. The quantitative estimate of drug-likeness (QED) is 0.0517. The lowest BCUT2D eigenvalue weighted by molar-refractivity contribution is -0.922. The van der Waals surface area contributed by atoms with E-state index in [0.29, 0.717) is 0 Å². The molecule has 0 fully saturated rings. The van der Waals surface area contributed by atoms with Gasteiger partial charge in [0.05, 0.1) is 24.5 Å². The van der Waals surface area contributed by atoms with Crippen molar-refractivity contribution in [1.82, 2.24) is 0 Å². The van der Waals surface area contributed by atoms with Crippen LogP contribution in [0.1, 0.15) is 142 Å². The van der Waals surface area contributed by atoms with E-state index in [1.807, 2.05) is 6.92 Å². The van der Waals surface area contributed by atoms with E-state index in [9.17, 15) is 13.0 Å². The van der Waals surface area contributed by atoms with Gasteiger partial charge in [0.1, 0.15) is 16.7 Å². The molecule has 0 radical (unpaired) electrons. The number of unbranched alkanes of at least 4 members (excludes halogenated alkanes) is 15. The minimum absolute atomic E-state index is 0.178. The molecule has 40 heavy (non-hydrogen) atoms. The minimum Gasteiger partial charge on any atom is -0.744 e. The Labute approximate surface area is 257 Å². The van der Waals surface area contributed by atoms with Crippen molar-refractivity contribution >= 4 is 26.0 Å². The molecule has 0 saturated carbocycles. The van der Waals surface area contributed by atoms with Crippen molar-refractivity contribution in [3.8, 4) is 10.8 Å². The lowest BCUT2D eigenvalue weighted by atomic mass is 10.1. The first-order chi connectivity index (χ1) is 19.2. The molecule has 0 unspecified atom stereocenters. The third kappa shape index (κ3) is 21.8. The van der Waals surface area contributed by atoms with Crippen molar-refractivity contribution in [2.75, 3.05) is 26.2 Å². The highest BCUT2D eigenvalue weighted by molar-refractivity contribution is 9.12. The summed E-state index contributed by atoms with van der Waals surface area (Å²) < 4.78 is 32.4. The molecule has 0 aliphatic carbocycles. The molecule has 4 nitrogen and oxygen atoms in total. The maximum atomic E-state index is 10.4. The summed E-state index contributed by atoms with van der Waals surface area (Å²) in [4.78, 5) is 2.85. The Balaban J connectivity index is 0.00000114. The van der Waals surface area contributed by atoms with Crippen molar-refractivity contribution in [3.63, 3.8) is 0 Å². The molecular weight excluding hydrogens is 582 g/mol. The average molecular weight is 643 g/mol. The maximum Gasteiger partial charge on any atom is 0.141 e. The predicted octanol–water partition coefficient (Wildman–Crippen LogP) is 10.1. The van der Waals surface area contributed by atoms with Crippen LogP contribution in [0.2, 0.25) is 0 Å². The van der Waals surface area contributed by atoms with E-state index >= 15 is 0 Å². The van der Waals surface area contributed by atoms with Crippen molar-refractivity contribution < 1.29 is 17.5 Å². The monoisotopic (exact) mass is 641 g/mol. The first kappa shape index (κ1) is 39.1. The Kier molecular flexibility index (Phi) is 25.2. The van der Waals surface area contributed by atoms with Crippen LogP contribution in [-0.2, 0) is 10.1 Å². The van der Waals surface area contributed by atoms with Gasteiger partial charge in [-0.2, -0.15) is 0 Å². The highest BCUT2D eigenvalue weighted by Gasteiger charge is 2.25. The van der Waals surface area contributed by atoms with Crippen molar-refractivity contribution in [2.24, 2.45) is 0 Å². The third-order valence-corrected chi connectivity index (χ3v) is 8.88. The number of hydrogen-bond donors (Lipinski definition) is 0. The van der Waals surface area contributed by atoms with Gasteiger partial charge in [0.25, 0.3) is 0 Å². The van der Waals surface area contributed by atoms with Gasteiger partial charge in [-0.25, -0.2) is 8.42 Å². The number of nitrogens with zero attached hydrogens (tertiary/aromatic N) is 1. The van der Waals surface area contributed by atoms with Crippen molar-refractivity contribution in [3.05, 3.63) is 29.8 Å². The fourth-order valence-electron chi connectivity index (χ4n) is 5.16. The number of hydrogen-bond acceptors (Lipinski definition) is 3. The van der Waals surface area contributed by atoms with Crippen LogP contribution in [0.3, 0.4) is 0 Å². The Morgan fingerprint density at radius 2 is 1.00 bits per heavy atom. The molecule has 0 aliphatic heterocycles. The van der Waals surface area contributed by atoms with Crippen LogP contribution in [-0.4, -0.2) is 43.6 Å². The highest BCUT2D eigenvalue weighted by Crippen LogP contribution is 2.18. The van der Waals surface area contributed by atoms with Gasteiger partial charge in [-0.3, -0.25) is 0 Å². The maximum absolute atomic E-state index is 10.4. The summed E-state index contributed by atoms with van der Waals surface area (Å²) in [5.74, 6) is 3.41. The Bertz CT molecular complexity index is 834. The van der Waals surface area contributed by atoms with Gasteiger partial charge in [0.15, 0.2) is 0 Å². The zero-order valence-corrected chi connectivity index (χ0v) is 28.7. The number of aryl methyl sites for hydroxylation is 1. The van der Waals surface area contributed by atoms with E-state index in [1.54, 1.807) is 12.1 Å². The second kappa shape index (κ2) is 25.8. The molecule has 0 aromatic heterocycles.